The van der Waals surface area contributed by atoms with Crippen molar-refractivity contribution in [2.75, 3.05) is 5.01 Å². The van der Waals surface area contributed by atoms with E-state index in [9.17, 15) is 0 Å². The molecular weight excluding hydrogens is 316 g/mol. The summed E-state index contributed by atoms with van der Waals surface area (Å²) in [6.07, 6.45) is 7.13. The van der Waals surface area contributed by atoms with Gasteiger partial charge >= 0.3 is 0 Å². The van der Waals surface area contributed by atoms with Gasteiger partial charge in [-0.15, -0.1) is 0 Å². The maximum atomic E-state index is 3.64. The van der Waals surface area contributed by atoms with Crippen LogP contribution in [0.5, 0.6) is 0 Å². The smallest absolute Gasteiger partial charge is 0.0654 e. The zero-order chi connectivity index (χ0) is 18.7. The second-order valence-corrected chi connectivity index (χ2v) is 7.60. The molecule has 0 radical (unpaired) electrons. The number of aryl methyl sites for hydroxylation is 2. The van der Waals surface area contributed by atoms with Crippen molar-refractivity contribution in [1.29, 1.82) is 0 Å². The summed E-state index contributed by atoms with van der Waals surface area (Å²) in [7, 11) is 0. The van der Waals surface area contributed by atoms with Crippen LogP contribution in [0.2, 0.25) is 0 Å². The highest BCUT2D eigenvalue weighted by atomic mass is 15.5. The van der Waals surface area contributed by atoms with Crippen LogP contribution in [0.25, 0.3) is 17.2 Å². The minimum Gasteiger partial charge on any atom is -0.303 e. The first kappa shape index (κ1) is 18.6. The van der Waals surface area contributed by atoms with E-state index in [0.29, 0.717) is 6.04 Å². The average Bonchev–Trinajstić information content (AvgIpc) is 2.61. The third kappa shape index (κ3) is 3.65. The summed E-state index contributed by atoms with van der Waals surface area (Å²) in [6, 6.07) is 14.0. The van der Waals surface area contributed by atoms with Crippen molar-refractivity contribution in [3.63, 3.8) is 0 Å². The van der Waals surface area contributed by atoms with E-state index in [1.165, 1.54) is 64.9 Å². The molecule has 1 aliphatic heterocycles. The van der Waals surface area contributed by atoms with Crippen LogP contribution >= 0.6 is 0 Å². The molecule has 0 fully saturated rings. The molecule has 0 bridgehead atoms. The van der Waals surface area contributed by atoms with Crippen molar-refractivity contribution in [3.8, 4) is 11.1 Å². The highest BCUT2D eigenvalue weighted by molar-refractivity contribution is 5.86. The second-order valence-electron chi connectivity index (χ2n) is 7.60. The van der Waals surface area contributed by atoms with Crippen LogP contribution in [0.15, 0.2) is 42.1 Å². The molecule has 0 spiro atoms. The predicted molar refractivity (Wildman–Crippen MR) is 114 cm³/mol. The number of anilines is 1. The molecule has 0 unspecified atom stereocenters. The molecule has 1 N–H and O–H groups in total. The SMILES string of the molecule is CCCC(CCC)N1NC(C)=Cc2c(-c3ccc(C)cc3C)cccc21. The molecular formula is C24H32N2. The zero-order valence-electron chi connectivity index (χ0n) is 16.9. The topological polar surface area (TPSA) is 15.3 Å². The van der Waals surface area contributed by atoms with E-state index in [4.69, 9.17) is 0 Å². The van der Waals surface area contributed by atoms with Gasteiger partial charge in [0, 0.05) is 11.3 Å². The minimum atomic E-state index is 0.529. The molecule has 2 aromatic rings. The standard InChI is InChI=1S/C24H32N2/c1-6-9-20(10-7-2)26-24-12-8-11-22(23(24)16-19(5)25-26)21-14-13-17(3)15-18(21)4/h8,11-16,20,25H,6-7,9-10H2,1-5H3. The normalized spacial score (nSPS) is 13.5. The molecule has 2 aromatic carbocycles. The van der Waals surface area contributed by atoms with Crippen molar-refractivity contribution in [3.05, 3.63) is 58.8 Å². The van der Waals surface area contributed by atoms with E-state index >= 15 is 0 Å². The van der Waals surface area contributed by atoms with Gasteiger partial charge in [0.15, 0.2) is 0 Å². The molecule has 3 rings (SSSR count). The fourth-order valence-corrected chi connectivity index (χ4v) is 4.12. The van der Waals surface area contributed by atoms with Gasteiger partial charge in [0.2, 0.25) is 0 Å². The molecule has 2 heteroatoms. The van der Waals surface area contributed by atoms with E-state index in [0.717, 1.165) is 0 Å². The third-order valence-corrected chi connectivity index (χ3v) is 5.28. The first-order valence-electron chi connectivity index (χ1n) is 10.00. The van der Waals surface area contributed by atoms with Crippen LogP contribution in [0, 0.1) is 13.8 Å². The average molecular weight is 349 g/mol. The molecule has 2 nitrogen and oxygen atoms in total. The number of hydrazine groups is 1. The third-order valence-electron chi connectivity index (χ3n) is 5.28. The number of hydrogen-bond donors (Lipinski definition) is 1. The molecule has 0 saturated heterocycles. The maximum absolute atomic E-state index is 3.64. The molecule has 0 aromatic heterocycles. The summed E-state index contributed by atoms with van der Waals surface area (Å²) in [6.45, 7) is 11.1. The lowest BCUT2D eigenvalue weighted by Crippen LogP contribution is -2.47. The van der Waals surface area contributed by atoms with Gasteiger partial charge in [-0.25, -0.2) is 0 Å². The van der Waals surface area contributed by atoms with Gasteiger partial charge < -0.3 is 5.43 Å². The minimum absolute atomic E-state index is 0.529. The largest absolute Gasteiger partial charge is 0.303 e. The Morgan fingerprint density at radius 2 is 1.65 bits per heavy atom. The van der Waals surface area contributed by atoms with E-state index in [2.05, 4.69) is 87.5 Å². The van der Waals surface area contributed by atoms with E-state index in [1.807, 2.05) is 0 Å². The highest BCUT2D eigenvalue weighted by Gasteiger charge is 2.24. The summed E-state index contributed by atoms with van der Waals surface area (Å²) >= 11 is 0. The fourth-order valence-electron chi connectivity index (χ4n) is 4.12. The number of fused-ring (bicyclic) bond motifs is 1. The van der Waals surface area contributed by atoms with Gasteiger partial charge in [0.25, 0.3) is 0 Å². The van der Waals surface area contributed by atoms with Gasteiger partial charge in [0.05, 0.1) is 11.7 Å². The van der Waals surface area contributed by atoms with E-state index in [-0.39, 0.29) is 0 Å². The van der Waals surface area contributed by atoms with Crippen LogP contribution in [-0.2, 0) is 0 Å². The molecule has 0 atom stereocenters. The van der Waals surface area contributed by atoms with Crippen LogP contribution in [0.1, 0.15) is 63.1 Å². The molecule has 26 heavy (non-hydrogen) atoms. The summed E-state index contributed by atoms with van der Waals surface area (Å²) in [5.41, 5.74) is 12.8. The quantitative estimate of drug-likeness (QED) is 0.630. The Bertz CT molecular complexity index is 798. The van der Waals surface area contributed by atoms with Crippen LogP contribution in [-0.4, -0.2) is 6.04 Å². The lowest BCUT2D eigenvalue weighted by molar-refractivity contribution is 0.473. The Morgan fingerprint density at radius 3 is 2.31 bits per heavy atom. The Hall–Kier alpha value is -2.22. The molecule has 0 saturated carbocycles. The van der Waals surface area contributed by atoms with Crippen molar-refractivity contribution < 1.29 is 0 Å². The Balaban J connectivity index is 2.11. The van der Waals surface area contributed by atoms with Gasteiger partial charge in [-0.1, -0.05) is 62.6 Å². The lowest BCUT2D eigenvalue weighted by atomic mass is 9.92. The number of nitrogens with zero attached hydrogens (tertiary/aromatic N) is 1. The fraction of sp³-hybridized carbons (Fsp3) is 0.417. The monoisotopic (exact) mass is 348 g/mol. The van der Waals surface area contributed by atoms with Crippen LogP contribution in [0.4, 0.5) is 5.69 Å². The highest BCUT2D eigenvalue weighted by Crippen LogP contribution is 2.38. The Labute approximate surface area is 158 Å². The van der Waals surface area contributed by atoms with Crippen LogP contribution in [0.3, 0.4) is 0 Å². The number of nitrogens with one attached hydrogen (secondary N) is 1. The van der Waals surface area contributed by atoms with E-state index in [1.54, 1.807) is 0 Å². The first-order valence-corrected chi connectivity index (χ1v) is 10.00. The number of benzene rings is 2. The maximum Gasteiger partial charge on any atom is 0.0654 e. The first-order chi connectivity index (χ1) is 12.5. The number of allylic oxidation sites excluding steroid dienone is 1. The van der Waals surface area contributed by atoms with Gasteiger partial charge in [-0.3, -0.25) is 5.01 Å². The summed E-state index contributed by atoms with van der Waals surface area (Å²) < 4.78 is 0. The van der Waals surface area contributed by atoms with Crippen molar-refractivity contribution in [2.45, 2.75) is 66.3 Å². The molecule has 1 heterocycles. The Kier molecular flexibility index (Phi) is 5.70. The number of rotatable bonds is 6. The van der Waals surface area contributed by atoms with Crippen molar-refractivity contribution in [2.24, 2.45) is 0 Å². The van der Waals surface area contributed by atoms with E-state index < -0.39 is 0 Å². The molecule has 138 valence electrons. The summed E-state index contributed by atoms with van der Waals surface area (Å²) in [4.78, 5) is 0. The van der Waals surface area contributed by atoms with Gasteiger partial charge in [-0.05, 0) is 62.4 Å². The summed E-state index contributed by atoms with van der Waals surface area (Å²) in [5, 5.41) is 2.42. The van der Waals surface area contributed by atoms with Crippen molar-refractivity contribution >= 4 is 11.8 Å². The van der Waals surface area contributed by atoms with Gasteiger partial charge in [-0.2, -0.15) is 0 Å². The zero-order valence-corrected chi connectivity index (χ0v) is 16.9. The van der Waals surface area contributed by atoms with Crippen molar-refractivity contribution in [1.82, 2.24) is 5.43 Å². The number of hydrogen-bond acceptors (Lipinski definition) is 2. The van der Waals surface area contributed by atoms with Crippen LogP contribution < -0.4 is 10.4 Å². The van der Waals surface area contributed by atoms with Gasteiger partial charge in [0.1, 0.15) is 0 Å². The Morgan fingerprint density at radius 1 is 0.923 bits per heavy atom. The lowest BCUT2D eigenvalue weighted by Gasteiger charge is -2.39. The molecule has 0 amide bonds. The predicted octanol–water partition coefficient (Wildman–Crippen LogP) is 6.62. The second kappa shape index (κ2) is 7.99. The molecule has 1 aliphatic rings. The summed E-state index contributed by atoms with van der Waals surface area (Å²) in [5.74, 6) is 0. The molecule has 0 aliphatic carbocycles.